The molecule has 0 bridgehead atoms. The second-order valence-corrected chi connectivity index (χ2v) is 5.78. The van der Waals surface area contributed by atoms with Crippen molar-refractivity contribution < 1.29 is 9.53 Å². The van der Waals surface area contributed by atoms with E-state index >= 15 is 0 Å². The molecule has 3 aromatic heterocycles. The lowest BCUT2D eigenvalue weighted by Gasteiger charge is -2.09. The Hall–Kier alpha value is -3.08. The average Bonchev–Trinajstić information content (AvgIpc) is 2.61. The zero-order valence-electron chi connectivity index (χ0n) is 14.5. The van der Waals surface area contributed by atoms with Crippen LogP contribution in [-0.2, 0) is 4.74 Å². The highest BCUT2D eigenvalue weighted by Crippen LogP contribution is 2.24. The van der Waals surface area contributed by atoms with Gasteiger partial charge in [-0.05, 0) is 68.3 Å². The van der Waals surface area contributed by atoms with E-state index in [2.05, 4.69) is 15.0 Å². The summed E-state index contributed by atoms with van der Waals surface area (Å²) in [5.41, 5.74) is 5.24. The molecule has 0 aliphatic heterocycles. The maximum Gasteiger partial charge on any atom is 0.338 e. The van der Waals surface area contributed by atoms with Crippen molar-refractivity contribution in [1.82, 2.24) is 15.0 Å². The normalized spacial score (nSPS) is 10.5. The van der Waals surface area contributed by atoms with Crippen molar-refractivity contribution in [2.24, 2.45) is 0 Å². The van der Waals surface area contributed by atoms with Crippen LogP contribution in [0.4, 0.5) is 0 Å². The average molecular weight is 333 g/mol. The van der Waals surface area contributed by atoms with Crippen LogP contribution in [0, 0.1) is 13.8 Å². The molecule has 5 nitrogen and oxygen atoms in total. The Morgan fingerprint density at radius 3 is 1.84 bits per heavy atom. The van der Waals surface area contributed by atoms with Gasteiger partial charge >= 0.3 is 5.97 Å². The highest BCUT2D eigenvalue weighted by molar-refractivity contribution is 5.92. The van der Waals surface area contributed by atoms with Gasteiger partial charge in [0.15, 0.2) is 0 Å². The van der Waals surface area contributed by atoms with Crippen LogP contribution in [0.2, 0.25) is 0 Å². The highest BCUT2D eigenvalue weighted by atomic mass is 16.5. The standard InChI is InChI=1S/C20H19N3O2/c1-4-25-20(24)15-11-18(16-9-13(2)5-7-21-16)23-19(12-15)17-10-14(3)6-8-22-17/h5-12H,4H2,1-3H3. The highest BCUT2D eigenvalue weighted by Gasteiger charge is 2.14. The Labute approximate surface area is 146 Å². The van der Waals surface area contributed by atoms with Gasteiger partial charge in [-0.2, -0.15) is 0 Å². The van der Waals surface area contributed by atoms with Gasteiger partial charge in [-0.25, -0.2) is 9.78 Å². The second-order valence-electron chi connectivity index (χ2n) is 5.78. The van der Waals surface area contributed by atoms with Gasteiger partial charge in [0.05, 0.1) is 34.9 Å². The van der Waals surface area contributed by atoms with Gasteiger partial charge in [-0.15, -0.1) is 0 Å². The van der Waals surface area contributed by atoms with Crippen molar-refractivity contribution >= 4 is 5.97 Å². The predicted molar refractivity (Wildman–Crippen MR) is 96.1 cm³/mol. The third-order valence-corrected chi connectivity index (χ3v) is 3.69. The molecule has 0 aromatic carbocycles. The Morgan fingerprint density at radius 1 is 0.880 bits per heavy atom. The second kappa shape index (κ2) is 7.21. The van der Waals surface area contributed by atoms with Gasteiger partial charge in [0.2, 0.25) is 0 Å². The summed E-state index contributed by atoms with van der Waals surface area (Å²) in [6, 6.07) is 11.1. The summed E-state index contributed by atoms with van der Waals surface area (Å²) in [6.07, 6.45) is 3.46. The molecule has 3 heterocycles. The molecule has 0 saturated carbocycles. The lowest BCUT2D eigenvalue weighted by Crippen LogP contribution is -2.06. The number of hydrogen-bond donors (Lipinski definition) is 0. The minimum absolute atomic E-state index is 0.317. The third kappa shape index (κ3) is 3.88. The molecule has 0 N–H and O–H groups in total. The molecule has 25 heavy (non-hydrogen) atoms. The SMILES string of the molecule is CCOC(=O)c1cc(-c2cc(C)ccn2)nc(-c2cc(C)ccn2)c1. The molecule has 3 rings (SSSR count). The van der Waals surface area contributed by atoms with E-state index < -0.39 is 0 Å². The molecule has 5 heteroatoms. The first-order valence-corrected chi connectivity index (χ1v) is 8.12. The van der Waals surface area contributed by atoms with Crippen LogP contribution < -0.4 is 0 Å². The molecule has 0 atom stereocenters. The number of hydrogen-bond acceptors (Lipinski definition) is 5. The zero-order chi connectivity index (χ0) is 17.8. The van der Waals surface area contributed by atoms with Crippen LogP contribution in [0.25, 0.3) is 22.8 Å². The van der Waals surface area contributed by atoms with E-state index in [-0.39, 0.29) is 5.97 Å². The first-order chi connectivity index (χ1) is 12.1. The molecule has 0 aliphatic rings. The quantitative estimate of drug-likeness (QED) is 0.675. The molecule has 126 valence electrons. The lowest BCUT2D eigenvalue weighted by atomic mass is 10.1. The van der Waals surface area contributed by atoms with E-state index in [4.69, 9.17) is 4.74 Å². The van der Waals surface area contributed by atoms with E-state index in [0.29, 0.717) is 34.9 Å². The number of esters is 1. The Kier molecular flexibility index (Phi) is 4.84. The van der Waals surface area contributed by atoms with Crippen molar-refractivity contribution in [1.29, 1.82) is 0 Å². The number of ether oxygens (including phenoxy) is 1. The molecule has 0 unspecified atom stereocenters. The molecular weight excluding hydrogens is 314 g/mol. The van der Waals surface area contributed by atoms with Crippen molar-refractivity contribution in [2.75, 3.05) is 6.61 Å². The van der Waals surface area contributed by atoms with E-state index in [1.807, 2.05) is 38.1 Å². The first-order valence-electron chi connectivity index (χ1n) is 8.12. The van der Waals surface area contributed by atoms with Gasteiger partial charge in [0.1, 0.15) is 0 Å². The summed E-state index contributed by atoms with van der Waals surface area (Å²) in [7, 11) is 0. The Bertz CT molecular complexity index is 859. The summed E-state index contributed by atoms with van der Waals surface area (Å²) in [6.45, 7) is 6.08. The smallest absolute Gasteiger partial charge is 0.338 e. The fourth-order valence-corrected chi connectivity index (χ4v) is 2.48. The van der Waals surface area contributed by atoms with E-state index in [1.54, 1.807) is 31.5 Å². The summed E-state index contributed by atoms with van der Waals surface area (Å²) in [4.78, 5) is 25.7. The molecule has 0 aliphatic carbocycles. The number of aromatic nitrogens is 3. The summed E-state index contributed by atoms with van der Waals surface area (Å²) in [5, 5.41) is 0. The fourth-order valence-electron chi connectivity index (χ4n) is 2.48. The predicted octanol–water partition coefficient (Wildman–Crippen LogP) is 4.00. The Morgan fingerprint density at radius 2 is 1.40 bits per heavy atom. The lowest BCUT2D eigenvalue weighted by molar-refractivity contribution is 0.0526. The van der Waals surface area contributed by atoms with E-state index in [9.17, 15) is 4.79 Å². The van der Waals surface area contributed by atoms with Gasteiger partial charge < -0.3 is 4.74 Å². The van der Waals surface area contributed by atoms with Crippen LogP contribution in [0.5, 0.6) is 0 Å². The van der Waals surface area contributed by atoms with Gasteiger partial charge in [-0.3, -0.25) is 9.97 Å². The van der Waals surface area contributed by atoms with Crippen molar-refractivity contribution in [2.45, 2.75) is 20.8 Å². The number of nitrogens with zero attached hydrogens (tertiary/aromatic N) is 3. The van der Waals surface area contributed by atoms with E-state index in [1.165, 1.54) is 0 Å². The number of pyridine rings is 3. The largest absolute Gasteiger partial charge is 0.462 e. The van der Waals surface area contributed by atoms with Crippen LogP contribution in [0.3, 0.4) is 0 Å². The minimum atomic E-state index is -0.382. The molecule has 0 spiro atoms. The molecule has 3 aromatic rings. The monoisotopic (exact) mass is 333 g/mol. The molecule has 0 radical (unpaired) electrons. The number of carbonyl (C=O) groups excluding carboxylic acids is 1. The maximum absolute atomic E-state index is 12.3. The summed E-state index contributed by atoms with van der Waals surface area (Å²) < 4.78 is 5.15. The van der Waals surface area contributed by atoms with Crippen LogP contribution in [0.1, 0.15) is 28.4 Å². The van der Waals surface area contributed by atoms with Crippen molar-refractivity contribution in [3.05, 3.63) is 65.5 Å². The van der Waals surface area contributed by atoms with Gasteiger partial charge in [0.25, 0.3) is 0 Å². The van der Waals surface area contributed by atoms with Crippen LogP contribution >= 0.6 is 0 Å². The molecule has 0 saturated heterocycles. The molecular formula is C20H19N3O2. The summed E-state index contributed by atoms with van der Waals surface area (Å²) >= 11 is 0. The van der Waals surface area contributed by atoms with Gasteiger partial charge in [0, 0.05) is 12.4 Å². The Balaban J connectivity index is 2.16. The zero-order valence-corrected chi connectivity index (χ0v) is 14.5. The summed E-state index contributed by atoms with van der Waals surface area (Å²) in [5.74, 6) is -0.382. The number of aryl methyl sites for hydroxylation is 2. The maximum atomic E-state index is 12.3. The topological polar surface area (TPSA) is 65.0 Å². The minimum Gasteiger partial charge on any atom is -0.462 e. The third-order valence-electron chi connectivity index (χ3n) is 3.69. The number of carbonyl (C=O) groups is 1. The van der Waals surface area contributed by atoms with E-state index in [0.717, 1.165) is 11.1 Å². The first kappa shape index (κ1) is 16.8. The molecule has 0 fully saturated rings. The van der Waals surface area contributed by atoms with Crippen molar-refractivity contribution in [3.8, 4) is 22.8 Å². The van der Waals surface area contributed by atoms with Gasteiger partial charge in [-0.1, -0.05) is 0 Å². The molecule has 0 amide bonds. The van der Waals surface area contributed by atoms with Crippen LogP contribution in [0.15, 0.2) is 48.8 Å². The van der Waals surface area contributed by atoms with Crippen LogP contribution in [-0.4, -0.2) is 27.5 Å². The number of rotatable bonds is 4. The van der Waals surface area contributed by atoms with Crippen molar-refractivity contribution in [3.63, 3.8) is 0 Å². The fraction of sp³-hybridized carbons (Fsp3) is 0.200.